The van der Waals surface area contributed by atoms with E-state index in [9.17, 15) is 44.2 Å². The van der Waals surface area contributed by atoms with E-state index in [1.54, 1.807) is 14.0 Å². The molecule has 0 aliphatic heterocycles. The molecule has 0 saturated carbocycles. The van der Waals surface area contributed by atoms with Crippen LogP contribution < -0.4 is 5.32 Å². The smallest absolute Gasteiger partial charge is 0.332 e. The van der Waals surface area contributed by atoms with Crippen molar-refractivity contribution >= 4 is 51.7 Å². The second-order valence-electron chi connectivity index (χ2n) is 7.41. The Labute approximate surface area is 233 Å². The first-order valence-electron chi connectivity index (χ1n) is 10.9. The topological polar surface area (TPSA) is 202 Å². The van der Waals surface area contributed by atoms with Crippen LogP contribution in [0.3, 0.4) is 0 Å². The van der Waals surface area contributed by atoms with Crippen molar-refractivity contribution in [2.75, 3.05) is 21.3 Å². The van der Waals surface area contributed by atoms with E-state index in [1.165, 1.54) is 49.6 Å². The summed E-state index contributed by atoms with van der Waals surface area (Å²) in [6.45, 7) is 2.89. The van der Waals surface area contributed by atoms with Gasteiger partial charge in [0.25, 0.3) is 16.6 Å². The highest BCUT2D eigenvalue weighted by Crippen LogP contribution is 2.17. The Balaban J connectivity index is 0.000000621. The maximum Gasteiger partial charge on any atom is 0.332 e. The predicted molar refractivity (Wildman–Crippen MR) is 142 cm³/mol. The Morgan fingerprint density at radius 3 is 1.55 bits per heavy atom. The van der Waals surface area contributed by atoms with Crippen LogP contribution >= 0.6 is 11.6 Å². The van der Waals surface area contributed by atoms with Crippen molar-refractivity contribution in [3.8, 4) is 0 Å². The van der Waals surface area contributed by atoms with E-state index in [4.69, 9.17) is 11.6 Å². The molecular formula is C25H26ClN3O11. The first kappa shape index (κ1) is 35.0. The van der Waals surface area contributed by atoms with Crippen LogP contribution in [0.4, 0.5) is 11.4 Å². The Morgan fingerprint density at radius 2 is 1.25 bits per heavy atom. The number of ketones is 2. The zero-order valence-corrected chi connectivity index (χ0v) is 22.8. The number of Topliss-reactive ketones (excluding diaryl/α,β-unsaturated/α-hetero) is 2. The summed E-state index contributed by atoms with van der Waals surface area (Å²) in [7, 11) is 4.16. The average molecular weight is 580 g/mol. The number of nitrogens with zero attached hydrogens (tertiary/aromatic N) is 2. The average Bonchev–Trinajstić information content (AvgIpc) is 2.93. The number of nitrogens with one attached hydrogen (secondary N) is 1. The first-order chi connectivity index (χ1) is 18.7. The highest BCUT2D eigenvalue weighted by atomic mass is 35.5. The molecule has 0 amide bonds. The Kier molecular flexibility index (Phi) is 15.3. The summed E-state index contributed by atoms with van der Waals surface area (Å²) in [4.78, 5) is 75.1. The summed E-state index contributed by atoms with van der Waals surface area (Å²) in [6.07, 6.45) is 1.39. The van der Waals surface area contributed by atoms with Crippen molar-refractivity contribution in [2.45, 2.75) is 13.8 Å². The molecule has 0 aliphatic rings. The van der Waals surface area contributed by atoms with Gasteiger partial charge in [0.1, 0.15) is 0 Å². The minimum absolute atomic E-state index is 0.0381. The normalized spacial score (nSPS) is 10.7. The van der Waals surface area contributed by atoms with Crippen molar-refractivity contribution in [3.63, 3.8) is 0 Å². The van der Waals surface area contributed by atoms with E-state index < -0.39 is 38.5 Å². The van der Waals surface area contributed by atoms with Crippen molar-refractivity contribution < 1.29 is 43.3 Å². The van der Waals surface area contributed by atoms with E-state index in [1.807, 2.05) is 0 Å². The number of benzene rings is 2. The zero-order chi connectivity index (χ0) is 31.0. The van der Waals surface area contributed by atoms with Gasteiger partial charge < -0.3 is 14.8 Å². The van der Waals surface area contributed by atoms with Crippen molar-refractivity contribution in [3.05, 3.63) is 91.7 Å². The van der Waals surface area contributed by atoms with Crippen molar-refractivity contribution in [2.24, 2.45) is 5.92 Å². The largest absolute Gasteiger partial charge is 0.468 e. The molecule has 0 heterocycles. The standard InChI is InChI=1S/C12H11NO6.C7H4ClNO3.C6H11NO2/c1-7(14)10(12(16)19-2)11(15)8-3-5-9(6-4-8)13(17)18;8-7(10)5-1-3-6(4-2-5)9(11)12;1-5(7-2)4-6(8)9-3/h3-6,10H,1-2H3;1-4H;4,7H,1-3H3/b;;5-4+. The first-order valence-corrected chi connectivity index (χ1v) is 11.3. The van der Waals surface area contributed by atoms with Gasteiger partial charge in [-0.05, 0) is 49.7 Å². The van der Waals surface area contributed by atoms with Gasteiger partial charge >= 0.3 is 11.9 Å². The Hall–Kier alpha value is -4.98. The maximum atomic E-state index is 12.0. The third-order valence-electron chi connectivity index (χ3n) is 4.70. The molecule has 0 aliphatic carbocycles. The lowest BCUT2D eigenvalue weighted by Gasteiger charge is -2.10. The molecule has 2 aromatic carbocycles. The van der Waals surface area contributed by atoms with Crippen LogP contribution in [0.5, 0.6) is 0 Å². The second-order valence-corrected chi connectivity index (χ2v) is 7.76. The quantitative estimate of drug-likeness (QED) is 0.0863. The number of rotatable bonds is 9. The molecule has 0 saturated heterocycles. The molecule has 40 heavy (non-hydrogen) atoms. The van der Waals surface area contributed by atoms with Crippen LogP contribution in [-0.2, 0) is 23.9 Å². The highest BCUT2D eigenvalue weighted by molar-refractivity contribution is 6.67. The molecule has 2 aromatic rings. The third-order valence-corrected chi connectivity index (χ3v) is 4.92. The zero-order valence-electron chi connectivity index (χ0n) is 22.0. The van der Waals surface area contributed by atoms with E-state index in [0.29, 0.717) is 0 Å². The number of methoxy groups -OCH3 is 2. The number of ether oxygens (including phenoxy) is 2. The van der Waals surface area contributed by atoms with Gasteiger partial charge in [-0.25, -0.2) is 4.79 Å². The number of non-ortho nitro benzene ring substituents is 2. The summed E-state index contributed by atoms with van der Waals surface area (Å²) in [5.41, 5.74) is 0.839. The minimum Gasteiger partial charge on any atom is -0.468 e. The number of allylic oxidation sites excluding steroid dienone is 1. The number of carbonyl (C=O) groups excluding carboxylic acids is 5. The minimum atomic E-state index is -1.54. The van der Waals surface area contributed by atoms with Crippen molar-refractivity contribution in [1.29, 1.82) is 0 Å². The number of halogens is 1. The summed E-state index contributed by atoms with van der Waals surface area (Å²) < 4.78 is 8.76. The third kappa shape index (κ3) is 12.0. The number of hydrogen-bond acceptors (Lipinski definition) is 12. The van der Waals surface area contributed by atoms with Crippen LogP contribution in [0.1, 0.15) is 34.6 Å². The molecule has 1 N–H and O–H groups in total. The lowest BCUT2D eigenvalue weighted by Crippen LogP contribution is -2.31. The van der Waals surface area contributed by atoms with Gasteiger partial charge in [-0.1, -0.05) is 0 Å². The molecule has 15 heteroatoms. The van der Waals surface area contributed by atoms with Gasteiger partial charge in [0.2, 0.25) is 0 Å². The predicted octanol–water partition coefficient (Wildman–Crippen LogP) is 3.41. The number of nitro benzene ring substituents is 2. The van der Waals surface area contributed by atoms with Crippen LogP contribution in [0.2, 0.25) is 0 Å². The lowest BCUT2D eigenvalue weighted by molar-refractivity contribution is -0.385. The molecule has 0 spiro atoms. The Bertz CT molecular complexity index is 1240. The van der Waals surface area contributed by atoms with Gasteiger partial charge in [-0.15, -0.1) is 0 Å². The SMILES string of the molecule is CN/C(C)=C/C(=O)OC.COC(=O)C(C(C)=O)C(=O)c1ccc([N+](=O)[O-])cc1.O=C(Cl)c1ccc([N+](=O)[O-])cc1. The molecule has 0 radical (unpaired) electrons. The molecule has 214 valence electrons. The lowest BCUT2D eigenvalue weighted by atomic mass is 9.94. The number of esters is 2. The molecule has 14 nitrogen and oxygen atoms in total. The molecule has 1 unspecified atom stereocenters. The van der Waals surface area contributed by atoms with Gasteiger partial charge in [0, 0.05) is 54.2 Å². The van der Waals surface area contributed by atoms with Crippen LogP contribution in [0, 0.1) is 26.1 Å². The van der Waals surface area contributed by atoms with Crippen LogP contribution in [0.15, 0.2) is 60.3 Å². The van der Waals surface area contributed by atoms with Crippen LogP contribution in [0.25, 0.3) is 0 Å². The number of nitro groups is 2. The van der Waals surface area contributed by atoms with Gasteiger partial charge in [-0.2, -0.15) is 0 Å². The maximum absolute atomic E-state index is 12.0. The number of hydrogen-bond donors (Lipinski definition) is 1. The molecule has 0 fully saturated rings. The molecule has 0 aromatic heterocycles. The van der Waals surface area contributed by atoms with Crippen LogP contribution in [-0.4, -0.2) is 59.9 Å². The highest BCUT2D eigenvalue weighted by Gasteiger charge is 2.33. The van der Waals surface area contributed by atoms with E-state index in [2.05, 4.69) is 14.8 Å². The van der Waals surface area contributed by atoms with E-state index >= 15 is 0 Å². The molecule has 0 bridgehead atoms. The van der Waals surface area contributed by atoms with Gasteiger partial charge in [-0.3, -0.25) is 39.4 Å². The fraction of sp³-hybridized carbons (Fsp3) is 0.240. The van der Waals surface area contributed by atoms with E-state index in [-0.39, 0.29) is 28.5 Å². The van der Waals surface area contributed by atoms with Crippen molar-refractivity contribution in [1.82, 2.24) is 5.32 Å². The molecular weight excluding hydrogens is 554 g/mol. The summed E-state index contributed by atoms with van der Waals surface area (Å²) in [6, 6.07) is 9.73. The fourth-order valence-electron chi connectivity index (χ4n) is 2.51. The summed E-state index contributed by atoms with van der Waals surface area (Å²) in [5, 5.41) is 22.8. The Morgan fingerprint density at radius 1 is 0.825 bits per heavy atom. The monoisotopic (exact) mass is 579 g/mol. The molecule has 2 rings (SSSR count). The van der Waals surface area contributed by atoms with Gasteiger partial charge in [0.15, 0.2) is 17.5 Å². The molecule has 1 atom stereocenters. The summed E-state index contributed by atoms with van der Waals surface area (Å²) in [5.74, 6) is -4.20. The number of carbonyl (C=O) groups is 5. The second kappa shape index (κ2) is 17.5. The fourth-order valence-corrected chi connectivity index (χ4v) is 2.64. The van der Waals surface area contributed by atoms with E-state index in [0.717, 1.165) is 31.9 Å². The summed E-state index contributed by atoms with van der Waals surface area (Å²) >= 11 is 5.13. The van der Waals surface area contributed by atoms with Gasteiger partial charge in [0.05, 0.1) is 24.1 Å².